The Hall–Kier alpha value is -4.05. The zero-order valence-electron chi connectivity index (χ0n) is 19.1. The van der Waals surface area contributed by atoms with Gasteiger partial charge in [0.05, 0.1) is 43.2 Å². The van der Waals surface area contributed by atoms with Crippen LogP contribution in [0.5, 0.6) is 11.5 Å². The fourth-order valence-electron chi connectivity index (χ4n) is 3.19. The van der Waals surface area contributed by atoms with Gasteiger partial charge in [0.1, 0.15) is 11.5 Å². The first-order valence-corrected chi connectivity index (χ1v) is 11.5. The standard InChI is InChI=1S/C24H24N2O7S/c1-26(21-7-5-6-8-22(21)32-3)34(29,30)18-12-9-16(10-13-18)23(27)25-20-14-11-17(31-2)15-19(20)24(28)33-4/h5-15H,1-4H3,(H,25,27). The SMILES string of the molecule is COC(=O)c1cc(OC)ccc1NC(=O)c1ccc(S(=O)(=O)N(C)c2ccccc2OC)cc1. The van der Waals surface area contributed by atoms with E-state index in [2.05, 4.69) is 5.32 Å². The molecule has 0 saturated carbocycles. The highest BCUT2D eigenvalue weighted by molar-refractivity contribution is 7.92. The molecule has 0 aromatic heterocycles. The van der Waals surface area contributed by atoms with Crippen molar-refractivity contribution in [3.05, 3.63) is 77.9 Å². The zero-order valence-corrected chi connectivity index (χ0v) is 19.9. The Morgan fingerprint density at radius 3 is 2.18 bits per heavy atom. The minimum atomic E-state index is -3.91. The van der Waals surface area contributed by atoms with Gasteiger partial charge in [-0.2, -0.15) is 0 Å². The van der Waals surface area contributed by atoms with Gasteiger partial charge in [-0.1, -0.05) is 12.1 Å². The third-order valence-corrected chi connectivity index (χ3v) is 6.87. The van der Waals surface area contributed by atoms with Crippen LogP contribution in [-0.4, -0.2) is 48.7 Å². The molecule has 0 unspecified atom stereocenters. The highest BCUT2D eigenvalue weighted by Gasteiger charge is 2.24. The molecule has 34 heavy (non-hydrogen) atoms. The molecule has 0 bridgehead atoms. The fraction of sp³-hybridized carbons (Fsp3) is 0.167. The van der Waals surface area contributed by atoms with E-state index in [-0.39, 0.29) is 21.7 Å². The molecule has 1 N–H and O–H groups in total. The molecule has 0 saturated heterocycles. The molecule has 1 amide bonds. The molecule has 0 fully saturated rings. The number of esters is 1. The number of carbonyl (C=O) groups excluding carboxylic acids is 2. The Morgan fingerprint density at radius 2 is 1.56 bits per heavy atom. The van der Waals surface area contributed by atoms with Gasteiger partial charge in [-0.05, 0) is 54.6 Å². The van der Waals surface area contributed by atoms with E-state index < -0.39 is 21.9 Å². The van der Waals surface area contributed by atoms with Crippen molar-refractivity contribution in [2.45, 2.75) is 4.90 Å². The second-order valence-corrected chi connectivity index (χ2v) is 9.00. The average Bonchev–Trinajstić information content (AvgIpc) is 2.87. The van der Waals surface area contributed by atoms with Crippen molar-refractivity contribution in [1.82, 2.24) is 0 Å². The summed E-state index contributed by atoms with van der Waals surface area (Å²) in [4.78, 5) is 24.9. The number of benzene rings is 3. The zero-order chi connectivity index (χ0) is 24.9. The number of para-hydroxylation sites is 2. The topological polar surface area (TPSA) is 111 Å². The molecule has 3 aromatic rings. The van der Waals surface area contributed by atoms with Crippen molar-refractivity contribution in [1.29, 1.82) is 0 Å². The lowest BCUT2D eigenvalue weighted by molar-refractivity contribution is 0.0601. The van der Waals surface area contributed by atoms with Crippen LogP contribution in [0.25, 0.3) is 0 Å². The summed E-state index contributed by atoms with van der Waals surface area (Å²) in [5, 5.41) is 2.64. The third-order valence-electron chi connectivity index (χ3n) is 5.08. The molecule has 3 rings (SSSR count). The lowest BCUT2D eigenvalue weighted by Gasteiger charge is -2.21. The molecule has 0 radical (unpaired) electrons. The summed E-state index contributed by atoms with van der Waals surface area (Å²) in [6, 6.07) is 16.8. The van der Waals surface area contributed by atoms with Crippen LogP contribution in [0.4, 0.5) is 11.4 Å². The van der Waals surface area contributed by atoms with E-state index in [4.69, 9.17) is 14.2 Å². The van der Waals surface area contributed by atoms with Gasteiger partial charge in [0, 0.05) is 12.6 Å². The molecule has 9 nitrogen and oxygen atoms in total. The van der Waals surface area contributed by atoms with E-state index in [0.717, 1.165) is 4.31 Å². The minimum absolute atomic E-state index is 0.00264. The maximum atomic E-state index is 13.1. The summed E-state index contributed by atoms with van der Waals surface area (Å²) in [6.07, 6.45) is 0. The first-order valence-electron chi connectivity index (χ1n) is 10.0. The normalized spacial score (nSPS) is 10.8. The molecule has 0 atom stereocenters. The van der Waals surface area contributed by atoms with Gasteiger partial charge in [0.15, 0.2) is 0 Å². The Kier molecular flexibility index (Phi) is 7.42. The van der Waals surface area contributed by atoms with Crippen LogP contribution in [-0.2, 0) is 14.8 Å². The Balaban J connectivity index is 1.84. The number of ether oxygens (including phenoxy) is 3. The predicted molar refractivity (Wildman–Crippen MR) is 127 cm³/mol. The fourth-order valence-corrected chi connectivity index (χ4v) is 4.39. The van der Waals surface area contributed by atoms with E-state index >= 15 is 0 Å². The quantitative estimate of drug-likeness (QED) is 0.487. The number of nitrogens with zero attached hydrogens (tertiary/aromatic N) is 1. The monoisotopic (exact) mass is 484 g/mol. The van der Waals surface area contributed by atoms with Crippen LogP contribution < -0.4 is 19.1 Å². The van der Waals surface area contributed by atoms with Crippen LogP contribution >= 0.6 is 0 Å². The second-order valence-electron chi connectivity index (χ2n) is 7.03. The van der Waals surface area contributed by atoms with E-state index in [1.54, 1.807) is 30.3 Å². The number of sulfonamides is 1. The lowest BCUT2D eigenvalue weighted by Crippen LogP contribution is -2.27. The molecule has 0 heterocycles. The molecule has 178 valence electrons. The number of anilines is 2. The first-order chi connectivity index (χ1) is 16.2. The van der Waals surface area contributed by atoms with Gasteiger partial charge in [-0.15, -0.1) is 0 Å². The van der Waals surface area contributed by atoms with E-state index in [1.807, 2.05) is 0 Å². The van der Waals surface area contributed by atoms with E-state index in [1.165, 1.54) is 64.8 Å². The Morgan fingerprint density at radius 1 is 0.882 bits per heavy atom. The number of hydrogen-bond donors (Lipinski definition) is 1. The van der Waals surface area contributed by atoms with Crippen molar-refractivity contribution in [3.63, 3.8) is 0 Å². The summed E-state index contributed by atoms with van der Waals surface area (Å²) in [5.41, 5.74) is 0.922. The Labute approximate surface area is 197 Å². The molecule has 10 heteroatoms. The van der Waals surface area contributed by atoms with Crippen LogP contribution in [0, 0.1) is 0 Å². The molecule has 3 aromatic carbocycles. The number of nitrogens with one attached hydrogen (secondary N) is 1. The van der Waals surface area contributed by atoms with E-state index in [9.17, 15) is 18.0 Å². The average molecular weight is 485 g/mol. The smallest absolute Gasteiger partial charge is 0.340 e. The molecule has 0 spiro atoms. The maximum Gasteiger partial charge on any atom is 0.340 e. The number of rotatable bonds is 8. The molecule has 0 aliphatic heterocycles. The van der Waals surface area contributed by atoms with E-state index in [0.29, 0.717) is 17.2 Å². The number of hydrogen-bond acceptors (Lipinski definition) is 7. The summed E-state index contributed by atoms with van der Waals surface area (Å²) < 4.78 is 42.4. The van der Waals surface area contributed by atoms with Crippen molar-refractivity contribution in [2.75, 3.05) is 38.0 Å². The van der Waals surface area contributed by atoms with Crippen molar-refractivity contribution in [3.8, 4) is 11.5 Å². The van der Waals surface area contributed by atoms with Crippen molar-refractivity contribution >= 4 is 33.3 Å². The van der Waals surface area contributed by atoms with Crippen LogP contribution in [0.1, 0.15) is 20.7 Å². The van der Waals surface area contributed by atoms with Crippen molar-refractivity contribution in [2.24, 2.45) is 0 Å². The molecular formula is C24H24N2O7S. The highest BCUT2D eigenvalue weighted by Crippen LogP contribution is 2.31. The predicted octanol–water partition coefficient (Wildman–Crippen LogP) is 3.57. The van der Waals surface area contributed by atoms with Gasteiger partial charge in [0.25, 0.3) is 15.9 Å². The first kappa shape index (κ1) is 24.6. The molecule has 0 aliphatic carbocycles. The van der Waals surface area contributed by atoms with Gasteiger partial charge < -0.3 is 19.5 Å². The maximum absolute atomic E-state index is 13.1. The van der Waals surface area contributed by atoms with Gasteiger partial charge in [0.2, 0.25) is 0 Å². The van der Waals surface area contributed by atoms with Crippen LogP contribution in [0.2, 0.25) is 0 Å². The molecular weight excluding hydrogens is 460 g/mol. The minimum Gasteiger partial charge on any atom is -0.497 e. The number of amides is 1. The summed E-state index contributed by atoms with van der Waals surface area (Å²) >= 11 is 0. The van der Waals surface area contributed by atoms with Gasteiger partial charge in [-0.25, -0.2) is 13.2 Å². The van der Waals surface area contributed by atoms with Crippen LogP contribution in [0.15, 0.2) is 71.6 Å². The largest absolute Gasteiger partial charge is 0.497 e. The summed E-state index contributed by atoms with van der Waals surface area (Å²) in [7, 11) is 1.66. The van der Waals surface area contributed by atoms with Crippen LogP contribution in [0.3, 0.4) is 0 Å². The number of methoxy groups -OCH3 is 3. The summed E-state index contributed by atoms with van der Waals surface area (Å²) in [5.74, 6) is -0.343. The summed E-state index contributed by atoms with van der Waals surface area (Å²) in [6.45, 7) is 0. The lowest BCUT2D eigenvalue weighted by atomic mass is 10.1. The second kappa shape index (κ2) is 10.3. The molecule has 0 aliphatic rings. The number of carbonyl (C=O) groups is 2. The third kappa shape index (κ3) is 4.96. The highest BCUT2D eigenvalue weighted by atomic mass is 32.2. The van der Waals surface area contributed by atoms with Gasteiger partial charge >= 0.3 is 5.97 Å². The van der Waals surface area contributed by atoms with Gasteiger partial charge in [-0.3, -0.25) is 9.10 Å². The Bertz CT molecular complexity index is 1310. The van der Waals surface area contributed by atoms with Crippen molar-refractivity contribution < 1.29 is 32.2 Å².